The number of amides is 1. The molecule has 0 saturated carbocycles. The van der Waals surface area contributed by atoms with Crippen molar-refractivity contribution < 1.29 is 14.6 Å². The lowest BCUT2D eigenvalue weighted by atomic mass is 9.83. The number of hydrogen-bond donors (Lipinski definition) is 1. The van der Waals surface area contributed by atoms with Crippen LogP contribution >= 0.6 is 0 Å². The Morgan fingerprint density at radius 2 is 1.79 bits per heavy atom. The van der Waals surface area contributed by atoms with E-state index < -0.39 is 5.60 Å². The smallest absolute Gasteiger partial charge is 0.253 e. The first-order valence-electron chi connectivity index (χ1n) is 12.8. The first-order chi connectivity index (χ1) is 16.2. The molecule has 184 valence electrons. The maximum atomic E-state index is 13.0. The Labute approximate surface area is 204 Å². The van der Waals surface area contributed by atoms with Gasteiger partial charge in [-0.25, -0.2) is 0 Å². The molecule has 0 spiro atoms. The molecule has 5 nitrogen and oxygen atoms in total. The summed E-state index contributed by atoms with van der Waals surface area (Å²) in [5.74, 6) is 1.26. The normalized spacial score (nSPS) is 19.5. The number of carbonyl (C=O) groups excluding carboxylic acids is 1. The number of rotatable bonds is 7. The fourth-order valence-corrected chi connectivity index (χ4v) is 5.50. The maximum absolute atomic E-state index is 13.0. The number of aryl methyl sites for hydroxylation is 1. The molecule has 1 N–H and O–H groups in total. The fraction of sp³-hybridized carbons (Fsp3) is 0.552. The number of hydrogen-bond acceptors (Lipinski definition) is 4. The third-order valence-electron chi connectivity index (χ3n) is 7.75. The van der Waals surface area contributed by atoms with Crippen molar-refractivity contribution in [3.63, 3.8) is 0 Å². The highest BCUT2D eigenvalue weighted by atomic mass is 16.5. The Bertz CT molecular complexity index is 972. The molecule has 0 bridgehead atoms. The van der Waals surface area contributed by atoms with Crippen molar-refractivity contribution >= 4 is 5.91 Å². The summed E-state index contributed by atoms with van der Waals surface area (Å²) in [6.07, 6.45) is 5.03. The summed E-state index contributed by atoms with van der Waals surface area (Å²) in [7, 11) is 1.93. The van der Waals surface area contributed by atoms with Crippen LogP contribution in [0.1, 0.15) is 67.1 Å². The highest BCUT2D eigenvalue weighted by Crippen LogP contribution is 2.30. The lowest BCUT2D eigenvalue weighted by molar-refractivity contribution is -0.0136. The van der Waals surface area contributed by atoms with Crippen molar-refractivity contribution in [3.8, 4) is 5.75 Å². The predicted molar refractivity (Wildman–Crippen MR) is 136 cm³/mol. The second-order valence-electron chi connectivity index (χ2n) is 10.6. The van der Waals surface area contributed by atoms with Crippen molar-refractivity contribution in [1.82, 2.24) is 9.80 Å². The van der Waals surface area contributed by atoms with Crippen molar-refractivity contribution in [2.24, 2.45) is 5.92 Å². The van der Waals surface area contributed by atoms with E-state index >= 15 is 0 Å². The van der Waals surface area contributed by atoms with Gasteiger partial charge in [0.2, 0.25) is 0 Å². The molecule has 0 aromatic heterocycles. The van der Waals surface area contributed by atoms with Crippen LogP contribution in [0, 0.1) is 5.92 Å². The number of nitrogens with zero attached hydrogens (tertiary/aromatic N) is 2. The highest BCUT2D eigenvalue weighted by Gasteiger charge is 2.31. The highest BCUT2D eigenvalue weighted by molar-refractivity contribution is 5.94. The summed E-state index contributed by atoms with van der Waals surface area (Å²) >= 11 is 0. The molecule has 34 heavy (non-hydrogen) atoms. The van der Waals surface area contributed by atoms with Crippen LogP contribution in [-0.2, 0) is 19.4 Å². The number of carbonyl (C=O) groups is 1. The van der Waals surface area contributed by atoms with Gasteiger partial charge < -0.3 is 14.7 Å². The van der Waals surface area contributed by atoms with Crippen molar-refractivity contribution in [3.05, 3.63) is 64.7 Å². The van der Waals surface area contributed by atoms with Crippen LogP contribution in [0.2, 0.25) is 0 Å². The monoisotopic (exact) mass is 464 g/mol. The summed E-state index contributed by atoms with van der Waals surface area (Å²) in [6, 6.07) is 14.6. The zero-order chi connectivity index (χ0) is 24.3. The fourth-order valence-electron chi connectivity index (χ4n) is 5.50. The van der Waals surface area contributed by atoms with E-state index in [0.29, 0.717) is 18.1 Å². The van der Waals surface area contributed by atoms with Gasteiger partial charge in [0.25, 0.3) is 5.91 Å². The molecule has 1 fully saturated rings. The number of fused-ring (bicyclic) bond motifs is 1. The summed E-state index contributed by atoms with van der Waals surface area (Å²) in [5.41, 5.74) is 4.31. The minimum Gasteiger partial charge on any atom is -0.494 e. The minimum absolute atomic E-state index is 0.0718. The molecule has 1 amide bonds. The van der Waals surface area contributed by atoms with Gasteiger partial charge in [-0.15, -0.1) is 0 Å². The van der Waals surface area contributed by atoms with Gasteiger partial charge >= 0.3 is 0 Å². The second-order valence-corrected chi connectivity index (χ2v) is 10.6. The summed E-state index contributed by atoms with van der Waals surface area (Å²) in [5, 5.41) is 10.3. The first-order valence-corrected chi connectivity index (χ1v) is 12.8. The van der Waals surface area contributed by atoms with E-state index in [-0.39, 0.29) is 11.9 Å². The number of likely N-dealkylation sites (N-methyl/N-ethyl adjacent to an activating group) is 1. The van der Waals surface area contributed by atoms with E-state index in [9.17, 15) is 9.90 Å². The summed E-state index contributed by atoms with van der Waals surface area (Å²) in [6.45, 7) is 9.53. The van der Waals surface area contributed by atoms with Crippen molar-refractivity contribution in [2.45, 2.75) is 71.1 Å². The SMILES string of the molecule is CCOc1ccc(C(=O)N(C)[C@H]2CCc3cc(CN4CCC(C(C)(C)O)CC4)ccc3C2)cc1. The van der Waals surface area contributed by atoms with E-state index in [4.69, 9.17) is 4.74 Å². The van der Waals surface area contributed by atoms with Gasteiger partial charge in [-0.2, -0.15) is 0 Å². The Balaban J connectivity index is 1.34. The van der Waals surface area contributed by atoms with Gasteiger partial charge in [-0.3, -0.25) is 9.69 Å². The lowest BCUT2D eigenvalue weighted by Gasteiger charge is -2.38. The van der Waals surface area contributed by atoms with Crippen molar-refractivity contribution in [2.75, 3.05) is 26.7 Å². The molecule has 4 rings (SSSR count). The number of benzene rings is 2. The van der Waals surface area contributed by atoms with Crippen LogP contribution in [0.15, 0.2) is 42.5 Å². The quantitative estimate of drug-likeness (QED) is 0.646. The van der Waals surface area contributed by atoms with Crippen molar-refractivity contribution in [1.29, 1.82) is 0 Å². The van der Waals surface area contributed by atoms with Crippen LogP contribution in [-0.4, -0.2) is 59.2 Å². The third-order valence-corrected chi connectivity index (χ3v) is 7.75. The van der Waals surface area contributed by atoms with Gasteiger partial charge in [-0.05, 0) is 113 Å². The molecule has 0 unspecified atom stereocenters. The van der Waals surface area contributed by atoms with Crippen LogP contribution < -0.4 is 4.74 Å². The molecule has 1 heterocycles. The second kappa shape index (κ2) is 10.5. The standard InChI is InChI=1S/C29H40N2O3/c1-5-34-27-12-9-22(10-13-27)28(32)30(4)26-11-8-23-18-21(6-7-24(23)19-26)20-31-16-14-25(15-17-31)29(2,3)33/h6-7,9-10,12-13,18,25-26,33H,5,8,11,14-17,19-20H2,1-4H3/t26-/m0/s1. The Morgan fingerprint density at radius 3 is 2.44 bits per heavy atom. The number of likely N-dealkylation sites (tertiary alicyclic amines) is 1. The molecule has 2 aromatic rings. The zero-order valence-corrected chi connectivity index (χ0v) is 21.2. The molecule has 1 atom stereocenters. The molecule has 1 saturated heterocycles. The molecular formula is C29H40N2O3. The zero-order valence-electron chi connectivity index (χ0n) is 21.2. The molecule has 2 aliphatic rings. The Hall–Kier alpha value is -2.37. The molecule has 1 aliphatic carbocycles. The van der Waals surface area contributed by atoms with Crippen LogP contribution in [0.4, 0.5) is 0 Å². The average molecular weight is 465 g/mol. The van der Waals surface area contributed by atoms with Crippen LogP contribution in [0.3, 0.4) is 0 Å². The predicted octanol–water partition coefficient (Wildman–Crippen LogP) is 4.70. The summed E-state index contributed by atoms with van der Waals surface area (Å²) in [4.78, 5) is 17.5. The molecule has 2 aromatic carbocycles. The van der Waals surface area contributed by atoms with Gasteiger partial charge in [-0.1, -0.05) is 18.2 Å². The third kappa shape index (κ3) is 5.81. The van der Waals surface area contributed by atoms with Gasteiger partial charge in [0.05, 0.1) is 12.2 Å². The average Bonchev–Trinajstić information content (AvgIpc) is 2.83. The molecule has 0 radical (unpaired) electrons. The van der Waals surface area contributed by atoms with Gasteiger partial charge in [0, 0.05) is 25.2 Å². The number of ether oxygens (including phenoxy) is 1. The molecule has 1 aliphatic heterocycles. The topological polar surface area (TPSA) is 53.0 Å². The Kier molecular flexibility index (Phi) is 7.63. The largest absolute Gasteiger partial charge is 0.494 e. The van der Waals surface area contributed by atoms with Gasteiger partial charge in [0.15, 0.2) is 0 Å². The van der Waals surface area contributed by atoms with Gasteiger partial charge in [0.1, 0.15) is 5.75 Å². The first kappa shape index (κ1) is 24.7. The van der Waals surface area contributed by atoms with E-state index in [1.54, 1.807) is 0 Å². The number of piperidine rings is 1. The molecular weight excluding hydrogens is 424 g/mol. The minimum atomic E-state index is -0.573. The number of aliphatic hydroxyl groups is 1. The van der Waals surface area contributed by atoms with E-state index in [0.717, 1.165) is 57.5 Å². The summed E-state index contributed by atoms with van der Waals surface area (Å²) < 4.78 is 5.49. The maximum Gasteiger partial charge on any atom is 0.253 e. The Morgan fingerprint density at radius 1 is 1.09 bits per heavy atom. The van der Waals surface area contributed by atoms with Crippen LogP contribution in [0.25, 0.3) is 0 Å². The van der Waals surface area contributed by atoms with E-state index in [2.05, 4.69) is 23.1 Å². The van der Waals surface area contributed by atoms with Crippen LogP contribution in [0.5, 0.6) is 5.75 Å². The molecule has 5 heteroatoms. The lowest BCUT2D eigenvalue weighted by Crippen LogP contribution is -2.41. The van der Waals surface area contributed by atoms with E-state index in [1.807, 2.05) is 57.0 Å². The van der Waals surface area contributed by atoms with E-state index in [1.165, 1.54) is 16.7 Å².